The Balaban J connectivity index is 2.34. The van der Waals surface area contributed by atoms with E-state index >= 15 is 0 Å². The molecule has 24 heavy (non-hydrogen) atoms. The average Bonchev–Trinajstić information content (AvgIpc) is 2.56. The van der Waals surface area contributed by atoms with E-state index in [0.29, 0.717) is 23.1 Å². The first-order chi connectivity index (χ1) is 11.3. The number of halogens is 2. The van der Waals surface area contributed by atoms with Crippen molar-refractivity contribution in [3.8, 4) is 11.5 Å². The van der Waals surface area contributed by atoms with Gasteiger partial charge in [-0.2, -0.15) is 0 Å². The summed E-state index contributed by atoms with van der Waals surface area (Å²) in [6.45, 7) is 1.61. The Morgan fingerprint density at radius 1 is 1.00 bits per heavy atom. The third kappa shape index (κ3) is 3.82. The number of methoxy groups -OCH3 is 2. The monoisotopic (exact) mass is 357 g/mol. The zero-order chi connectivity index (χ0) is 17.9. The number of nitrogens with one attached hydrogen (secondary N) is 1. The summed E-state index contributed by atoms with van der Waals surface area (Å²) in [4.78, 5) is -0.366. The van der Waals surface area contributed by atoms with Gasteiger partial charge in [-0.1, -0.05) is 0 Å². The highest BCUT2D eigenvalue weighted by molar-refractivity contribution is 7.89. The smallest absolute Gasteiger partial charge is 0.241 e. The van der Waals surface area contributed by atoms with E-state index in [-0.39, 0.29) is 4.90 Å². The number of sulfonamides is 1. The van der Waals surface area contributed by atoms with E-state index in [9.17, 15) is 17.2 Å². The van der Waals surface area contributed by atoms with Crippen LogP contribution in [0.3, 0.4) is 0 Å². The van der Waals surface area contributed by atoms with E-state index in [4.69, 9.17) is 9.47 Å². The summed E-state index contributed by atoms with van der Waals surface area (Å²) in [5.74, 6) is -1.35. The molecule has 0 bridgehead atoms. The first-order valence-corrected chi connectivity index (χ1v) is 8.46. The molecule has 130 valence electrons. The molecule has 1 unspecified atom stereocenters. The zero-order valence-electron chi connectivity index (χ0n) is 13.3. The maximum Gasteiger partial charge on any atom is 0.241 e. The maximum absolute atomic E-state index is 13.3. The lowest BCUT2D eigenvalue weighted by molar-refractivity contribution is 0.395. The standard InChI is InChI=1S/C16H17F2NO4S/c1-10(13-8-11(22-2)4-7-16(13)23-3)19-24(20,21)12-5-6-14(17)15(18)9-12/h4-10,19H,1-3H3. The van der Waals surface area contributed by atoms with Crippen LogP contribution in [0.15, 0.2) is 41.3 Å². The first kappa shape index (κ1) is 18.2. The van der Waals surface area contributed by atoms with Crippen molar-refractivity contribution >= 4 is 10.0 Å². The maximum atomic E-state index is 13.3. The molecule has 0 spiro atoms. The molecule has 5 nitrogen and oxygen atoms in total. The largest absolute Gasteiger partial charge is 0.497 e. The quantitative estimate of drug-likeness (QED) is 0.863. The molecule has 0 aliphatic heterocycles. The van der Waals surface area contributed by atoms with Gasteiger partial charge < -0.3 is 9.47 Å². The van der Waals surface area contributed by atoms with Gasteiger partial charge in [0.2, 0.25) is 10.0 Å². The summed E-state index contributed by atoms with van der Waals surface area (Å²) >= 11 is 0. The van der Waals surface area contributed by atoms with E-state index in [0.717, 1.165) is 12.1 Å². The molecule has 1 atom stereocenters. The molecule has 8 heteroatoms. The van der Waals surface area contributed by atoms with Crippen molar-refractivity contribution in [2.24, 2.45) is 0 Å². The number of benzene rings is 2. The molecule has 0 aromatic heterocycles. The van der Waals surface area contributed by atoms with Gasteiger partial charge in [-0.3, -0.25) is 0 Å². The van der Waals surface area contributed by atoms with Crippen LogP contribution >= 0.6 is 0 Å². The van der Waals surface area contributed by atoms with Gasteiger partial charge in [-0.25, -0.2) is 21.9 Å². The highest BCUT2D eigenvalue weighted by Gasteiger charge is 2.22. The molecule has 0 aliphatic rings. The lowest BCUT2D eigenvalue weighted by atomic mass is 10.1. The van der Waals surface area contributed by atoms with Gasteiger partial charge in [0.15, 0.2) is 11.6 Å². The average molecular weight is 357 g/mol. The number of hydrogen-bond acceptors (Lipinski definition) is 4. The van der Waals surface area contributed by atoms with Crippen molar-refractivity contribution in [1.82, 2.24) is 4.72 Å². The normalized spacial score (nSPS) is 12.7. The SMILES string of the molecule is COc1ccc(OC)c(C(C)NS(=O)(=O)c2ccc(F)c(F)c2)c1. The summed E-state index contributed by atoms with van der Waals surface area (Å²) in [7, 11) is -1.10. The van der Waals surface area contributed by atoms with Crippen LogP contribution < -0.4 is 14.2 Å². The lowest BCUT2D eigenvalue weighted by Gasteiger charge is -2.18. The second-order valence-electron chi connectivity index (χ2n) is 5.03. The molecular formula is C16H17F2NO4S. The Labute approximate surface area is 139 Å². The van der Waals surface area contributed by atoms with E-state index in [1.165, 1.54) is 14.2 Å². The summed E-state index contributed by atoms with van der Waals surface area (Å²) in [5.41, 5.74) is 0.544. The molecule has 0 saturated carbocycles. The fraction of sp³-hybridized carbons (Fsp3) is 0.250. The Bertz CT molecular complexity index is 840. The van der Waals surface area contributed by atoms with Crippen molar-refractivity contribution in [3.63, 3.8) is 0 Å². The van der Waals surface area contributed by atoms with Crippen LogP contribution in [0.1, 0.15) is 18.5 Å². The molecule has 2 aromatic rings. The molecule has 0 aliphatic carbocycles. The predicted molar refractivity (Wildman–Crippen MR) is 84.6 cm³/mol. The zero-order valence-corrected chi connectivity index (χ0v) is 14.2. The fourth-order valence-electron chi connectivity index (χ4n) is 2.19. The van der Waals surface area contributed by atoms with Gasteiger partial charge in [0.05, 0.1) is 19.1 Å². The van der Waals surface area contributed by atoms with Gasteiger partial charge >= 0.3 is 0 Å². The summed E-state index contributed by atoms with van der Waals surface area (Å²) in [5, 5.41) is 0. The molecule has 2 rings (SSSR count). The Kier molecular flexibility index (Phi) is 5.40. The van der Waals surface area contributed by atoms with Gasteiger partial charge in [-0.15, -0.1) is 0 Å². The first-order valence-electron chi connectivity index (χ1n) is 6.98. The molecule has 2 aromatic carbocycles. The Morgan fingerprint density at radius 3 is 2.29 bits per heavy atom. The molecule has 0 radical (unpaired) electrons. The van der Waals surface area contributed by atoms with Gasteiger partial charge in [-0.05, 0) is 43.3 Å². The number of rotatable bonds is 6. The van der Waals surface area contributed by atoms with Crippen LogP contribution in [0.25, 0.3) is 0 Å². The topological polar surface area (TPSA) is 64.6 Å². The molecule has 0 saturated heterocycles. The van der Waals surface area contributed by atoms with Crippen LogP contribution in [-0.2, 0) is 10.0 Å². The molecular weight excluding hydrogens is 340 g/mol. The van der Waals surface area contributed by atoms with Gasteiger partial charge in [0.25, 0.3) is 0 Å². The van der Waals surface area contributed by atoms with E-state index in [2.05, 4.69) is 4.72 Å². The second kappa shape index (κ2) is 7.14. The van der Waals surface area contributed by atoms with Crippen LogP contribution in [0.4, 0.5) is 8.78 Å². The fourth-order valence-corrected chi connectivity index (χ4v) is 3.42. The lowest BCUT2D eigenvalue weighted by Crippen LogP contribution is -2.27. The molecule has 0 amide bonds. The van der Waals surface area contributed by atoms with Crippen molar-refractivity contribution in [2.75, 3.05) is 14.2 Å². The van der Waals surface area contributed by atoms with Crippen LogP contribution in [0, 0.1) is 11.6 Å². The van der Waals surface area contributed by atoms with Crippen molar-refractivity contribution in [1.29, 1.82) is 0 Å². The van der Waals surface area contributed by atoms with Gasteiger partial charge in [0.1, 0.15) is 11.5 Å². The summed E-state index contributed by atoms with van der Waals surface area (Å²) in [6.07, 6.45) is 0. The van der Waals surface area contributed by atoms with E-state index in [1.54, 1.807) is 25.1 Å². The van der Waals surface area contributed by atoms with Crippen molar-refractivity contribution in [3.05, 3.63) is 53.6 Å². The minimum atomic E-state index is -4.04. The second-order valence-corrected chi connectivity index (χ2v) is 6.74. The minimum absolute atomic E-state index is 0.366. The van der Waals surface area contributed by atoms with E-state index < -0.39 is 27.7 Å². The molecule has 0 heterocycles. The summed E-state index contributed by atoms with van der Waals surface area (Å²) < 4.78 is 63.7. The van der Waals surface area contributed by atoms with E-state index in [1.807, 2.05) is 0 Å². The molecule has 0 fully saturated rings. The molecule has 1 N–H and O–H groups in total. The number of hydrogen-bond donors (Lipinski definition) is 1. The van der Waals surface area contributed by atoms with Crippen LogP contribution in [0.5, 0.6) is 11.5 Å². The highest BCUT2D eigenvalue weighted by atomic mass is 32.2. The third-order valence-corrected chi connectivity index (χ3v) is 4.98. The van der Waals surface area contributed by atoms with Crippen molar-refractivity contribution < 1.29 is 26.7 Å². The predicted octanol–water partition coefficient (Wildman–Crippen LogP) is 3.02. The summed E-state index contributed by atoms with van der Waals surface area (Å²) in [6, 6.07) is 6.67. The Hall–Kier alpha value is -2.19. The highest BCUT2D eigenvalue weighted by Crippen LogP contribution is 2.30. The van der Waals surface area contributed by atoms with Crippen LogP contribution in [-0.4, -0.2) is 22.6 Å². The minimum Gasteiger partial charge on any atom is -0.497 e. The third-order valence-electron chi connectivity index (χ3n) is 3.44. The number of ether oxygens (including phenoxy) is 2. The Morgan fingerprint density at radius 2 is 1.71 bits per heavy atom. The van der Waals surface area contributed by atoms with Crippen LogP contribution in [0.2, 0.25) is 0 Å². The van der Waals surface area contributed by atoms with Gasteiger partial charge in [0, 0.05) is 11.6 Å². The van der Waals surface area contributed by atoms with Crippen molar-refractivity contribution in [2.45, 2.75) is 17.9 Å².